The Morgan fingerprint density at radius 1 is 1.37 bits per heavy atom. The molecule has 1 aromatic rings. The van der Waals surface area contributed by atoms with Gasteiger partial charge in [-0.15, -0.1) is 11.6 Å². The van der Waals surface area contributed by atoms with Crippen LogP contribution in [-0.4, -0.2) is 33.0 Å². The molecule has 0 spiro atoms. The van der Waals surface area contributed by atoms with Crippen LogP contribution in [0.1, 0.15) is 22.3 Å². The molecule has 0 radical (unpaired) electrons. The summed E-state index contributed by atoms with van der Waals surface area (Å²) >= 11 is 5.48. The van der Waals surface area contributed by atoms with Gasteiger partial charge in [0.2, 0.25) is 10.0 Å². The Morgan fingerprint density at radius 3 is 2.58 bits per heavy atom. The predicted molar refractivity (Wildman–Crippen MR) is 77.3 cm³/mol. The number of benzene rings is 1. The van der Waals surface area contributed by atoms with Gasteiger partial charge in [0.1, 0.15) is 0 Å². The summed E-state index contributed by atoms with van der Waals surface area (Å²) in [6, 6.07) is 4.79. The van der Waals surface area contributed by atoms with Gasteiger partial charge in [-0.25, -0.2) is 8.42 Å². The highest BCUT2D eigenvalue weighted by Crippen LogP contribution is 2.18. The molecule has 0 fully saturated rings. The van der Waals surface area contributed by atoms with Crippen molar-refractivity contribution < 1.29 is 13.2 Å². The Hall–Kier alpha value is -1.27. The lowest BCUT2D eigenvalue weighted by molar-refractivity contribution is 0.0963. The Kier molecular flexibility index (Phi) is 5.62. The quantitative estimate of drug-likeness (QED) is 0.786. The molecule has 0 atom stereocenters. The zero-order chi connectivity index (χ0) is 14.5. The van der Waals surface area contributed by atoms with Gasteiger partial charge in [-0.3, -0.25) is 9.52 Å². The summed E-state index contributed by atoms with van der Waals surface area (Å²) in [5.41, 5.74) is 1.65. The van der Waals surface area contributed by atoms with Crippen molar-refractivity contribution in [3.05, 3.63) is 29.3 Å². The summed E-state index contributed by atoms with van der Waals surface area (Å²) < 4.78 is 26.0. The van der Waals surface area contributed by atoms with E-state index in [2.05, 4.69) is 10.0 Å². The molecule has 106 valence electrons. The molecule has 0 bridgehead atoms. The van der Waals surface area contributed by atoms with E-state index in [0.29, 0.717) is 29.1 Å². The van der Waals surface area contributed by atoms with Crippen LogP contribution in [0.5, 0.6) is 0 Å². The number of alkyl halides is 1. The van der Waals surface area contributed by atoms with E-state index in [9.17, 15) is 13.2 Å². The van der Waals surface area contributed by atoms with Crippen LogP contribution in [0.4, 0.5) is 5.69 Å². The van der Waals surface area contributed by atoms with Crippen molar-refractivity contribution >= 4 is 33.2 Å². The van der Waals surface area contributed by atoms with E-state index < -0.39 is 10.0 Å². The first-order valence-corrected chi connectivity index (χ1v) is 7.97. The lowest BCUT2D eigenvalue weighted by Crippen LogP contribution is -2.19. The summed E-state index contributed by atoms with van der Waals surface area (Å²) in [7, 11) is -1.85. The number of anilines is 1. The lowest BCUT2D eigenvalue weighted by Gasteiger charge is -2.11. The van der Waals surface area contributed by atoms with Gasteiger partial charge in [0.25, 0.3) is 5.91 Å². The second-order valence-electron chi connectivity index (χ2n) is 4.07. The van der Waals surface area contributed by atoms with Gasteiger partial charge >= 0.3 is 0 Å². The minimum atomic E-state index is -3.39. The third-order valence-corrected chi connectivity index (χ3v) is 4.15. The van der Waals surface area contributed by atoms with Gasteiger partial charge in [0.05, 0.1) is 11.4 Å². The van der Waals surface area contributed by atoms with Gasteiger partial charge in [-0.05, 0) is 37.1 Å². The molecular weight excluding hydrogens is 288 g/mol. The number of sulfonamides is 1. The van der Waals surface area contributed by atoms with E-state index >= 15 is 0 Å². The topological polar surface area (TPSA) is 75.3 Å². The molecule has 1 amide bonds. The van der Waals surface area contributed by atoms with E-state index in [1.165, 1.54) is 0 Å². The van der Waals surface area contributed by atoms with Crippen LogP contribution in [-0.2, 0) is 10.0 Å². The molecule has 0 saturated carbocycles. The largest absolute Gasteiger partial charge is 0.355 e. The summed E-state index contributed by atoms with van der Waals surface area (Å²) in [6.45, 7) is 1.74. The molecule has 0 heterocycles. The smallest absolute Gasteiger partial charge is 0.251 e. The number of carbonyl (C=O) groups is 1. The highest BCUT2D eigenvalue weighted by atomic mass is 35.5. The number of hydrogen-bond acceptors (Lipinski definition) is 3. The first-order valence-electron chi connectivity index (χ1n) is 5.79. The Morgan fingerprint density at radius 2 is 2.05 bits per heavy atom. The van der Waals surface area contributed by atoms with Gasteiger partial charge in [0, 0.05) is 18.5 Å². The maximum Gasteiger partial charge on any atom is 0.251 e. The number of rotatable bonds is 6. The number of aryl methyl sites for hydroxylation is 1. The minimum Gasteiger partial charge on any atom is -0.355 e. The third kappa shape index (κ3) is 4.72. The van der Waals surface area contributed by atoms with E-state index in [0.717, 1.165) is 0 Å². The van der Waals surface area contributed by atoms with E-state index in [1.807, 2.05) is 0 Å². The SMILES string of the molecule is CNC(=O)c1ccc(NS(=O)(=O)CCCCl)c(C)c1. The van der Waals surface area contributed by atoms with Gasteiger partial charge in [-0.1, -0.05) is 0 Å². The van der Waals surface area contributed by atoms with Crippen molar-refractivity contribution in [2.75, 3.05) is 23.4 Å². The first-order chi connectivity index (χ1) is 8.89. The molecule has 1 rings (SSSR count). The molecule has 2 N–H and O–H groups in total. The monoisotopic (exact) mass is 304 g/mol. The van der Waals surface area contributed by atoms with Crippen LogP contribution in [0.25, 0.3) is 0 Å². The Labute approximate surface area is 118 Å². The molecule has 7 heteroatoms. The average Bonchev–Trinajstić information content (AvgIpc) is 2.37. The Bertz CT molecular complexity index is 558. The van der Waals surface area contributed by atoms with Crippen molar-refractivity contribution in [3.63, 3.8) is 0 Å². The van der Waals surface area contributed by atoms with Crippen LogP contribution >= 0.6 is 11.6 Å². The van der Waals surface area contributed by atoms with E-state index in [-0.39, 0.29) is 11.7 Å². The molecule has 1 aromatic carbocycles. The fourth-order valence-electron chi connectivity index (χ4n) is 1.53. The number of halogens is 1. The second-order valence-corrected chi connectivity index (χ2v) is 6.29. The van der Waals surface area contributed by atoms with Crippen LogP contribution in [0.15, 0.2) is 18.2 Å². The van der Waals surface area contributed by atoms with Gasteiger partial charge < -0.3 is 5.32 Å². The average molecular weight is 305 g/mol. The number of carbonyl (C=O) groups excluding carboxylic acids is 1. The number of amides is 1. The van der Waals surface area contributed by atoms with Crippen LogP contribution in [0.2, 0.25) is 0 Å². The van der Waals surface area contributed by atoms with Crippen molar-refractivity contribution in [3.8, 4) is 0 Å². The molecule has 19 heavy (non-hydrogen) atoms. The van der Waals surface area contributed by atoms with Gasteiger partial charge in [0.15, 0.2) is 0 Å². The fraction of sp³-hybridized carbons (Fsp3) is 0.417. The number of nitrogens with one attached hydrogen (secondary N) is 2. The van der Waals surface area contributed by atoms with Crippen LogP contribution in [0, 0.1) is 6.92 Å². The van der Waals surface area contributed by atoms with Crippen molar-refractivity contribution in [2.24, 2.45) is 0 Å². The van der Waals surface area contributed by atoms with Crippen LogP contribution in [0.3, 0.4) is 0 Å². The van der Waals surface area contributed by atoms with E-state index in [4.69, 9.17) is 11.6 Å². The zero-order valence-corrected chi connectivity index (χ0v) is 12.4. The van der Waals surface area contributed by atoms with Crippen molar-refractivity contribution in [1.29, 1.82) is 0 Å². The molecular formula is C12H17ClN2O3S. The summed E-state index contributed by atoms with van der Waals surface area (Å²) in [4.78, 5) is 11.4. The predicted octanol–water partition coefficient (Wildman–Crippen LogP) is 1.73. The second kappa shape index (κ2) is 6.77. The highest BCUT2D eigenvalue weighted by Gasteiger charge is 2.12. The third-order valence-electron chi connectivity index (χ3n) is 2.53. The highest BCUT2D eigenvalue weighted by molar-refractivity contribution is 7.92. The minimum absolute atomic E-state index is 0.0207. The van der Waals surface area contributed by atoms with Crippen LogP contribution < -0.4 is 10.0 Å². The first kappa shape index (κ1) is 15.8. The van der Waals surface area contributed by atoms with Crippen molar-refractivity contribution in [2.45, 2.75) is 13.3 Å². The standard InChI is InChI=1S/C12H17ClN2O3S/c1-9-8-10(12(16)14-2)4-5-11(9)15-19(17,18)7-3-6-13/h4-5,8,15H,3,6-7H2,1-2H3,(H,14,16). The maximum atomic E-state index is 11.7. The lowest BCUT2D eigenvalue weighted by atomic mass is 10.1. The fourth-order valence-corrected chi connectivity index (χ4v) is 3.01. The molecule has 5 nitrogen and oxygen atoms in total. The normalized spacial score (nSPS) is 11.1. The Balaban J connectivity index is 2.89. The van der Waals surface area contributed by atoms with Gasteiger partial charge in [-0.2, -0.15) is 0 Å². The zero-order valence-electron chi connectivity index (χ0n) is 10.9. The summed E-state index contributed by atoms with van der Waals surface area (Å²) in [5.74, 6) is 0.0717. The molecule has 0 aliphatic rings. The van der Waals surface area contributed by atoms with E-state index in [1.54, 1.807) is 32.2 Å². The summed E-state index contributed by atoms with van der Waals surface area (Å²) in [5, 5.41) is 2.51. The number of hydrogen-bond donors (Lipinski definition) is 2. The van der Waals surface area contributed by atoms with Crippen molar-refractivity contribution in [1.82, 2.24) is 5.32 Å². The maximum absolute atomic E-state index is 11.7. The molecule has 0 aliphatic carbocycles. The molecule has 0 aromatic heterocycles. The summed E-state index contributed by atoms with van der Waals surface area (Å²) in [6.07, 6.45) is 0.395. The molecule has 0 aliphatic heterocycles. The molecule has 0 unspecified atom stereocenters. The molecule has 0 saturated heterocycles.